The molecule has 1 N–H and O–H groups in total. The smallest absolute Gasteiger partial charge is 0.362 e. The van der Waals surface area contributed by atoms with Crippen molar-refractivity contribution in [2.24, 2.45) is 0 Å². The van der Waals surface area contributed by atoms with Crippen LogP contribution in [0.25, 0.3) is 0 Å². The Morgan fingerprint density at radius 3 is 1.22 bits per heavy atom. The summed E-state index contributed by atoms with van der Waals surface area (Å²) in [5.74, 6) is -1.45. The third kappa shape index (κ3) is 41.4. The second kappa shape index (κ2) is 43.7. The number of rotatable bonds is 47. The molecular weight excluding hydrogens is 751 g/mol. The van der Waals surface area contributed by atoms with Crippen molar-refractivity contribution in [3.63, 3.8) is 0 Å². The number of ether oxygens (including phenoxy) is 3. The zero-order chi connectivity index (χ0) is 44.2. The average Bonchev–Trinajstić information content (AvgIpc) is 3.21. The van der Waals surface area contributed by atoms with E-state index in [0.29, 0.717) is 19.3 Å². The molecule has 0 fully saturated rings. The van der Waals surface area contributed by atoms with Crippen LogP contribution in [0.4, 0.5) is 0 Å². The molecule has 0 radical (unpaired) electrons. The molecular formula is C52H100NO7+. The van der Waals surface area contributed by atoms with Crippen molar-refractivity contribution >= 4 is 17.9 Å². The number of carbonyl (C=O) groups excluding carboxylic acids is 2. The third-order valence-corrected chi connectivity index (χ3v) is 11.9. The minimum Gasteiger partial charge on any atom is -0.477 e. The van der Waals surface area contributed by atoms with Gasteiger partial charge in [0.1, 0.15) is 6.61 Å². The molecule has 0 aliphatic rings. The van der Waals surface area contributed by atoms with E-state index in [1.165, 1.54) is 180 Å². The van der Waals surface area contributed by atoms with Gasteiger partial charge in [0.25, 0.3) is 0 Å². The first-order valence-electron chi connectivity index (χ1n) is 25.7. The van der Waals surface area contributed by atoms with Crippen molar-refractivity contribution in [3.05, 3.63) is 12.2 Å². The molecule has 0 aliphatic heterocycles. The molecule has 0 aromatic carbocycles. The van der Waals surface area contributed by atoms with Gasteiger partial charge in [-0.2, -0.15) is 0 Å². The topological polar surface area (TPSA) is 99.1 Å². The SMILES string of the molecule is CCCCCC/C=C/CCCCCCCCCC(=O)OC(COCCC(C(=O)O)[N+](C)(C)C)COC(=O)CCCCCCCCCCCCCCCCCCCCCCC. The van der Waals surface area contributed by atoms with Gasteiger partial charge in [-0.3, -0.25) is 9.59 Å². The van der Waals surface area contributed by atoms with Crippen LogP contribution in [0, 0.1) is 0 Å². The predicted molar refractivity (Wildman–Crippen MR) is 252 cm³/mol. The van der Waals surface area contributed by atoms with Crippen LogP contribution in [-0.2, 0) is 28.6 Å². The lowest BCUT2D eigenvalue weighted by molar-refractivity contribution is -0.887. The number of quaternary nitrogens is 1. The van der Waals surface area contributed by atoms with Crippen molar-refractivity contribution in [1.82, 2.24) is 0 Å². The molecule has 2 unspecified atom stereocenters. The number of carbonyl (C=O) groups is 3. The Labute approximate surface area is 371 Å². The van der Waals surface area contributed by atoms with Gasteiger partial charge in [-0.25, -0.2) is 4.79 Å². The number of likely N-dealkylation sites (N-methyl/N-ethyl adjacent to an activating group) is 1. The van der Waals surface area contributed by atoms with Crippen LogP contribution >= 0.6 is 0 Å². The number of allylic oxidation sites excluding steroid dienone is 2. The first-order valence-corrected chi connectivity index (χ1v) is 25.7. The molecule has 0 saturated heterocycles. The highest BCUT2D eigenvalue weighted by molar-refractivity contribution is 5.72. The molecule has 354 valence electrons. The summed E-state index contributed by atoms with van der Waals surface area (Å²) in [6.45, 7) is 4.77. The third-order valence-electron chi connectivity index (χ3n) is 11.9. The van der Waals surface area contributed by atoms with E-state index in [9.17, 15) is 19.5 Å². The van der Waals surface area contributed by atoms with Crippen LogP contribution in [0.5, 0.6) is 0 Å². The second-order valence-corrected chi connectivity index (χ2v) is 18.8. The van der Waals surface area contributed by atoms with E-state index in [2.05, 4.69) is 26.0 Å². The van der Waals surface area contributed by atoms with Gasteiger partial charge < -0.3 is 23.8 Å². The van der Waals surface area contributed by atoms with Gasteiger partial charge in [0.15, 0.2) is 12.1 Å². The quantitative estimate of drug-likeness (QED) is 0.0282. The van der Waals surface area contributed by atoms with Crippen molar-refractivity contribution < 1.29 is 38.2 Å². The van der Waals surface area contributed by atoms with Crippen molar-refractivity contribution in [2.75, 3.05) is 41.0 Å². The second-order valence-electron chi connectivity index (χ2n) is 18.8. The number of unbranched alkanes of at least 4 members (excludes halogenated alkanes) is 31. The summed E-state index contributed by atoms with van der Waals surface area (Å²) in [4.78, 5) is 37.1. The zero-order valence-corrected chi connectivity index (χ0v) is 40.4. The first kappa shape index (κ1) is 58.1. The van der Waals surface area contributed by atoms with Crippen molar-refractivity contribution in [1.29, 1.82) is 0 Å². The molecule has 8 nitrogen and oxygen atoms in total. The molecule has 2 atom stereocenters. The van der Waals surface area contributed by atoms with Crippen LogP contribution in [0.15, 0.2) is 12.2 Å². The lowest BCUT2D eigenvalue weighted by Gasteiger charge is -2.31. The standard InChI is InChI=1S/C52H99NO7/c1-6-8-10-12-14-16-18-20-22-23-24-25-26-27-29-30-32-34-36-38-40-42-50(54)59-47-48(46-58-45-44-49(52(56)57)53(3,4)5)60-51(55)43-41-39-37-35-33-31-28-21-19-17-15-13-11-9-7-2/h17,19,48-49H,6-16,18,20-47H2,1-5H3/p+1/b19-17+. The van der Waals surface area contributed by atoms with Crippen LogP contribution < -0.4 is 0 Å². The van der Waals surface area contributed by atoms with Crippen LogP contribution in [0.2, 0.25) is 0 Å². The molecule has 0 aromatic rings. The Balaban J connectivity index is 4.18. The maximum atomic E-state index is 12.8. The predicted octanol–water partition coefficient (Wildman–Crippen LogP) is 14.6. The molecule has 60 heavy (non-hydrogen) atoms. The van der Waals surface area contributed by atoms with E-state index in [1.807, 2.05) is 21.1 Å². The van der Waals surface area contributed by atoms with E-state index < -0.39 is 18.1 Å². The van der Waals surface area contributed by atoms with Gasteiger partial charge >= 0.3 is 17.9 Å². The highest BCUT2D eigenvalue weighted by Crippen LogP contribution is 2.17. The fourth-order valence-corrected chi connectivity index (χ4v) is 7.91. The molecule has 0 rings (SSSR count). The van der Waals surface area contributed by atoms with Gasteiger partial charge in [-0.15, -0.1) is 0 Å². The lowest BCUT2D eigenvalue weighted by Crippen LogP contribution is -2.50. The van der Waals surface area contributed by atoms with Crippen LogP contribution in [0.3, 0.4) is 0 Å². The number of aliphatic carboxylic acids is 1. The highest BCUT2D eigenvalue weighted by atomic mass is 16.6. The minimum absolute atomic E-state index is 0.0461. The number of hydrogen-bond acceptors (Lipinski definition) is 6. The minimum atomic E-state index is -0.871. The molecule has 0 amide bonds. The van der Waals surface area contributed by atoms with Gasteiger partial charge in [0.2, 0.25) is 0 Å². The fourth-order valence-electron chi connectivity index (χ4n) is 7.91. The van der Waals surface area contributed by atoms with Crippen LogP contribution in [0.1, 0.15) is 251 Å². The Kier molecular flexibility index (Phi) is 42.3. The number of carboxylic acids is 1. The first-order chi connectivity index (χ1) is 29.1. The number of nitrogens with zero attached hydrogens (tertiary/aromatic N) is 1. The maximum absolute atomic E-state index is 12.8. The normalized spacial score (nSPS) is 12.9. The summed E-state index contributed by atoms with van der Waals surface area (Å²) in [5.41, 5.74) is 0. The van der Waals surface area contributed by atoms with Gasteiger partial charge in [0.05, 0.1) is 34.4 Å². The van der Waals surface area contributed by atoms with E-state index in [1.54, 1.807) is 0 Å². The Hall–Kier alpha value is -1.93. The summed E-state index contributed by atoms with van der Waals surface area (Å²) in [5, 5.41) is 9.64. The van der Waals surface area contributed by atoms with Crippen LogP contribution in [-0.4, -0.2) is 80.6 Å². The lowest BCUT2D eigenvalue weighted by atomic mass is 10.0. The summed E-state index contributed by atoms with van der Waals surface area (Å²) >= 11 is 0. The maximum Gasteiger partial charge on any atom is 0.362 e. The number of esters is 2. The van der Waals surface area contributed by atoms with Gasteiger partial charge in [-0.1, -0.05) is 206 Å². The molecule has 0 saturated carbocycles. The Morgan fingerprint density at radius 1 is 0.483 bits per heavy atom. The molecule has 0 aliphatic carbocycles. The fraction of sp³-hybridized carbons (Fsp3) is 0.904. The van der Waals surface area contributed by atoms with E-state index in [0.717, 1.165) is 38.5 Å². The van der Waals surface area contributed by atoms with E-state index in [4.69, 9.17) is 14.2 Å². The van der Waals surface area contributed by atoms with Crippen molar-refractivity contribution in [3.8, 4) is 0 Å². The largest absolute Gasteiger partial charge is 0.477 e. The Bertz CT molecular complexity index is 993. The number of hydrogen-bond donors (Lipinski definition) is 1. The summed E-state index contributed by atoms with van der Waals surface area (Å²) in [6.07, 6.45) is 48.3. The average molecular weight is 851 g/mol. The zero-order valence-electron chi connectivity index (χ0n) is 40.4. The molecule has 0 spiro atoms. The van der Waals surface area contributed by atoms with Crippen molar-refractivity contribution in [2.45, 2.75) is 264 Å². The monoisotopic (exact) mass is 851 g/mol. The van der Waals surface area contributed by atoms with E-state index >= 15 is 0 Å². The number of carboxylic acid groups (broad SMARTS) is 1. The molecule has 0 aromatic heterocycles. The Morgan fingerprint density at radius 2 is 0.833 bits per heavy atom. The molecule has 0 bridgehead atoms. The summed E-state index contributed by atoms with van der Waals surface area (Å²) in [6, 6.07) is -0.611. The van der Waals surface area contributed by atoms with Gasteiger partial charge in [0, 0.05) is 19.3 Å². The molecule has 8 heteroatoms. The van der Waals surface area contributed by atoms with Gasteiger partial charge in [-0.05, 0) is 38.5 Å². The summed E-state index contributed by atoms with van der Waals surface area (Å²) < 4.78 is 17.4. The summed E-state index contributed by atoms with van der Waals surface area (Å²) in [7, 11) is 5.54. The highest BCUT2D eigenvalue weighted by Gasteiger charge is 2.31. The molecule has 0 heterocycles. The van der Waals surface area contributed by atoms with E-state index in [-0.39, 0.29) is 36.2 Å².